The first-order valence-corrected chi connectivity index (χ1v) is 6.35. The number of nitrogens with one attached hydrogen (secondary N) is 1. The molecule has 2 unspecified atom stereocenters. The van der Waals surface area contributed by atoms with E-state index in [-0.39, 0.29) is 18.2 Å². The molecule has 1 aromatic heterocycles. The standard InChI is InChI=1S/C13H16FN3O3/c1-8-4-9(12(18)19)7-17(6-8)13(20)16-11-2-3-15-5-10(11)14/h2-3,5,8-9H,4,6-7H2,1H3,(H,18,19)(H,15,16,20). The summed E-state index contributed by atoms with van der Waals surface area (Å²) in [6, 6.07) is 0.864. The summed E-state index contributed by atoms with van der Waals surface area (Å²) in [5.74, 6) is -2.02. The first-order chi connectivity index (χ1) is 9.47. The van der Waals surface area contributed by atoms with E-state index in [9.17, 15) is 14.0 Å². The summed E-state index contributed by atoms with van der Waals surface area (Å²) in [5.41, 5.74) is 0.0371. The third kappa shape index (κ3) is 3.23. The van der Waals surface area contributed by atoms with Crippen molar-refractivity contribution >= 4 is 17.7 Å². The zero-order chi connectivity index (χ0) is 14.7. The lowest BCUT2D eigenvalue weighted by atomic mass is 9.91. The van der Waals surface area contributed by atoms with Gasteiger partial charge in [-0.05, 0) is 18.4 Å². The van der Waals surface area contributed by atoms with Crippen LogP contribution in [0.3, 0.4) is 0 Å². The third-order valence-corrected chi connectivity index (χ3v) is 3.31. The molecule has 0 aliphatic carbocycles. The molecule has 1 aromatic rings. The number of urea groups is 1. The van der Waals surface area contributed by atoms with Crippen molar-refractivity contribution in [1.82, 2.24) is 9.88 Å². The Labute approximate surface area is 115 Å². The van der Waals surface area contributed by atoms with Gasteiger partial charge in [0.15, 0.2) is 5.82 Å². The number of carbonyl (C=O) groups is 2. The number of aromatic nitrogens is 1. The normalized spacial score (nSPS) is 22.4. The van der Waals surface area contributed by atoms with Gasteiger partial charge in [0.25, 0.3) is 0 Å². The van der Waals surface area contributed by atoms with Crippen LogP contribution >= 0.6 is 0 Å². The van der Waals surface area contributed by atoms with E-state index in [1.807, 2.05) is 6.92 Å². The second-order valence-electron chi connectivity index (χ2n) is 5.07. The van der Waals surface area contributed by atoms with Gasteiger partial charge in [-0.2, -0.15) is 0 Å². The van der Waals surface area contributed by atoms with E-state index in [2.05, 4.69) is 10.3 Å². The largest absolute Gasteiger partial charge is 0.481 e. The van der Waals surface area contributed by atoms with E-state index in [0.29, 0.717) is 13.0 Å². The molecule has 0 radical (unpaired) electrons. The smallest absolute Gasteiger partial charge is 0.321 e. The lowest BCUT2D eigenvalue weighted by Crippen LogP contribution is -2.47. The average Bonchev–Trinajstić information content (AvgIpc) is 2.40. The molecule has 108 valence electrons. The molecule has 1 fully saturated rings. The third-order valence-electron chi connectivity index (χ3n) is 3.31. The fraction of sp³-hybridized carbons (Fsp3) is 0.462. The van der Waals surface area contributed by atoms with Crippen LogP contribution in [0.5, 0.6) is 0 Å². The molecule has 20 heavy (non-hydrogen) atoms. The molecule has 2 N–H and O–H groups in total. The molecular weight excluding hydrogens is 265 g/mol. The number of nitrogens with zero attached hydrogens (tertiary/aromatic N) is 2. The van der Waals surface area contributed by atoms with Crippen LogP contribution in [0.4, 0.5) is 14.9 Å². The highest BCUT2D eigenvalue weighted by molar-refractivity contribution is 5.89. The van der Waals surface area contributed by atoms with Crippen LogP contribution in [0.2, 0.25) is 0 Å². The maximum Gasteiger partial charge on any atom is 0.321 e. The van der Waals surface area contributed by atoms with Crippen LogP contribution in [0.1, 0.15) is 13.3 Å². The molecule has 1 aliphatic rings. The van der Waals surface area contributed by atoms with Crippen molar-refractivity contribution in [2.24, 2.45) is 11.8 Å². The lowest BCUT2D eigenvalue weighted by Gasteiger charge is -2.34. The van der Waals surface area contributed by atoms with Gasteiger partial charge in [0.1, 0.15) is 0 Å². The molecule has 2 atom stereocenters. The molecule has 2 amide bonds. The molecule has 2 heterocycles. The molecule has 0 aromatic carbocycles. The SMILES string of the molecule is CC1CC(C(=O)O)CN(C(=O)Nc2ccncc2F)C1. The number of carboxylic acids is 1. The molecule has 0 spiro atoms. The number of hydrogen-bond donors (Lipinski definition) is 2. The highest BCUT2D eigenvalue weighted by Crippen LogP contribution is 2.22. The predicted molar refractivity (Wildman–Crippen MR) is 69.7 cm³/mol. The Morgan fingerprint density at radius 1 is 1.50 bits per heavy atom. The summed E-state index contributed by atoms with van der Waals surface area (Å²) in [7, 11) is 0. The van der Waals surface area contributed by atoms with Gasteiger partial charge in [-0.15, -0.1) is 0 Å². The van der Waals surface area contributed by atoms with Crippen LogP contribution in [0.15, 0.2) is 18.5 Å². The summed E-state index contributed by atoms with van der Waals surface area (Å²) in [6.07, 6.45) is 2.93. The van der Waals surface area contributed by atoms with Gasteiger partial charge in [0.05, 0.1) is 17.8 Å². The maximum absolute atomic E-state index is 13.4. The fourth-order valence-corrected chi connectivity index (χ4v) is 2.37. The Bertz CT molecular complexity index is 523. The molecule has 1 aliphatic heterocycles. The molecule has 0 bridgehead atoms. The number of hydrogen-bond acceptors (Lipinski definition) is 3. The second-order valence-corrected chi connectivity index (χ2v) is 5.07. The van der Waals surface area contributed by atoms with Crippen LogP contribution in [-0.4, -0.2) is 40.1 Å². The Morgan fingerprint density at radius 2 is 2.25 bits per heavy atom. The Morgan fingerprint density at radius 3 is 2.90 bits per heavy atom. The van der Waals surface area contributed by atoms with Crippen molar-refractivity contribution in [3.63, 3.8) is 0 Å². The Hall–Kier alpha value is -2.18. The van der Waals surface area contributed by atoms with E-state index >= 15 is 0 Å². The quantitative estimate of drug-likeness (QED) is 0.866. The van der Waals surface area contributed by atoms with E-state index in [4.69, 9.17) is 5.11 Å². The van der Waals surface area contributed by atoms with Crippen molar-refractivity contribution in [2.45, 2.75) is 13.3 Å². The summed E-state index contributed by atoms with van der Waals surface area (Å²) >= 11 is 0. The first-order valence-electron chi connectivity index (χ1n) is 6.35. The zero-order valence-electron chi connectivity index (χ0n) is 11.0. The Balaban J connectivity index is 2.05. The molecular formula is C13H16FN3O3. The van der Waals surface area contributed by atoms with Crippen LogP contribution in [0.25, 0.3) is 0 Å². The molecule has 0 saturated carbocycles. The maximum atomic E-state index is 13.4. The summed E-state index contributed by atoms with van der Waals surface area (Å²) < 4.78 is 13.4. The van der Waals surface area contributed by atoms with Gasteiger partial charge in [-0.1, -0.05) is 6.92 Å². The predicted octanol–water partition coefficient (Wildman–Crippen LogP) is 1.80. The van der Waals surface area contributed by atoms with E-state index < -0.39 is 23.7 Å². The van der Waals surface area contributed by atoms with Crippen LogP contribution in [0, 0.1) is 17.7 Å². The molecule has 7 heteroatoms. The highest BCUT2D eigenvalue weighted by atomic mass is 19.1. The van der Waals surface area contributed by atoms with E-state index in [1.165, 1.54) is 17.2 Å². The van der Waals surface area contributed by atoms with E-state index in [1.54, 1.807) is 0 Å². The average molecular weight is 281 g/mol. The minimum atomic E-state index is -0.913. The number of aliphatic carboxylic acids is 1. The van der Waals surface area contributed by atoms with Crippen molar-refractivity contribution < 1.29 is 19.1 Å². The van der Waals surface area contributed by atoms with Gasteiger partial charge in [-0.3, -0.25) is 9.78 Å². The van der Waals surface area contributed by atoms with Gasteiger partial charge in [-0.25, -0.2) is 9.18 Å². The van der Waals surface area contributed by atoms with Crippen LogP contribution < -0.4 is 5.32 Å². The van der Waals surface area contributed by atoms with Crippen molar-refractivity contribution in [3.8, 4) is 0 Å². The summed E-state index contributed by atoms with van der Waals surface area (Å²) in [5, 5.41) is 11.5. The number of likely N-dealkylation sites (tertiary alicyclic amines) is 1. The van der Waals surface area contributed by atoms with Crippen molar-refractivity contribution in [2.75, 3.05) is 18.4 Å². The van der Waals surface area contributed by atoms with Crippen molar-refractivity contribution in [1.29, 1.82) is 0 Å². The van der Waals surface area contributed by atoms with Gasteiger partial charge >= 0.3 is 12.0 Å². The summed E-state index contributed by atoms with van der Waals surface area (Å²) in [4.78, 5) is 28.1. The second kappa shape index (κ2) is 5.85. The van der Waals surface area contributed by atoms with E-state index in [0.717, 1.165) is 6.20 Å². The number of pyridine rings is 1. The fourth-order valence-electron chi connectivity index (χ4n) is 2.37. The lowest BCUT2D eigenvalue weighted by molar-refractivity contribution is -0.143. The number of piperidine rings is 1. The first kappa shape index (κ1) is 14.2. The summed E-state index contributed by atoms with van der Waals surface area (Å²) in [6.45, 7) is 2.49. The topological polar surface area (TPSA) is 82.5 Å². The highest BCUT2D eigenvalue weighted by Gasteiger charge is 2.32. The monoisotopic (exact) mass is 281 g/mol. The number of amides is 2. The molecule has 1 saturated heterocycles. The van der Waals surface area contributed by atoms with Crippen molar-refractivity contribution in [3.05, 3.63) is 24.3 Å². The van der Waals surface area contributed by atoms with Gasteiger partial charge < -0.3 is 15.3 Å². The Kier molecular flexibility index (Phi) is 4.16. The minimum absolute atomic E-state index is 0.0371. The molecule has 6 nitrogen and oxygen atoms in total. The number of carbonyl (C=O) groups excluding carboxylic acids is 1. The minimum Gasteiger partial charge on any atom is -0.481 e. The number of rotatable bonds is 2. The number of halogens is 1. The molecule has 2 rings (SSSR count). The van der Waals surface area contributed by atoms with Gasteiger partial charge in [0.2, 0.25) is 0 Å². The van der Waals surface area contributed by atoms with Gasteiger partial charge in [0, 0.05) is 19.3 Å². The van der Waals surface area contributed by atoms with Crippen LogP contribution in [-0.2, 0) is 4.79 Å². The number of carboxylic acid groups (broad SMARTS) is 1. The number of anilines is 1. The zero-order valence-corrected chi connectivity index (χ0v) is 11.0.